The van der Waals surface area contributed by atoms with Crippen molar-refractivity contribution < 1.29 is 35.9 Å². The van der Waals surface area contributed by atoms with Gasteiger partial charge in [-0.1, -0.05) is 49.0 Å². The van der Waals surface area contributed by atoms with Crippen molar-refractivity contribution >= 4 is 16.5 Å². The predicted molar refractivity (Wildman–Crippen MR) is 132 cm³/mol. The first kappa shape index (κ1) is 24.9. The zero-order chi connectivity index (χ0) is 22.3. The van der Waals surface area contributed by atoms with Crippen molar-refractivity contribution in [1.29, 1.82) is 0 Å². The van der Waals surface area contributed by atoms with Crippen LogP contribution in [-0.4, -0.2) is 11.6 Å². The molecule has 0 fully saturated rings. The largest absolute Gasteiger partial charge is 0.518 e. The number of aryl methyl sites for hydroxylation is 3. The summed E-state index contributed by atoms with van der Waals surface area (Å²) in [6.07, 6.45) is 7.72. The molecule has 1 aliphatic carbocycles. The molecule has 0 atom stereocenters. The van der Waals surface area contributed by atoms with E-state index in [9.17, 15) is 0 Å². The van der Waals surface area contributed by atoms with Crippen LogP contribution >= 0.6 is 0 Å². The second-order valence-corrected chi connectivity index (χ2v) is 8.92. The zero-order valence-electron chi connectivity index (χ0n) is 20.2. The molecule has 166 valence electrons. The monoisotopic (exact) mass is 650 g/mol. The van der Waals surface area contributed by atoms with Gasteiger partial charge in [0.05, 0.1) is 17.8 Å². The molecule has 0 bridgehead atoms. The molecule has 32 heavy (non-hydrogen) atoms. The predicted octanol–water partition coefficient (Wildman–Crippen LogP) is 7.40. The van der Waals surface area contributed by atoms with Gasteiger partial charge in [0.25, 0.3) is 0 Å². The fraction of sp³-hybridized carbons (Fsp3) is 0.379. The Bertz CT molecular complexity index is 1150. The molecular formula is C29H34NOU-. The van der Waals surface area contributed by atoms with E-state index in [-0.39, 0.29) is 31.1 Å². The Morgan fingerprint density at radius 1 is 1.19 bits per heavy atom. The minimum atomic E-state index is 0. The van der Waals surface area contributed by atoms with Gasteiger partial charge in [0.15, 0.2) is 0 Å². The number of pyridine rings is 1. The average molecular weight is 651 g/mol. The second kappa shape index (κ2) is 10.1. The van der Waals surface area contributed by atoms with E-state index in [1.165, 1.54) is 63.1 Å². The first-order valence-corrected chi connectivity index (χ1v) is 11.6. The first-order chi connectivity index (χ1) is 14.9. The number of allylic oxidation sites excluding steroid dienone is 3. The Morgan fingerprint density at radius 2 is 1.91 bits per heavy atom. The van der Waals surface area contributed by atoms with Crippen LogP contribution in [0.3, 0.4) is 0 Å². The summed E-state index contributed by atoms with van der Waals surface area (Å²) in [7, 11) is 0. The van der Waals surface area contributed by atoms with Crippen LogP contribution in [0, 0.1) is 44.0 Å². The van der Waals surface area contributed by atoms with Gasteiger partial charge in [-0.15, -0.1) is 24.8 Å². The van der Waals surface area contributed by atoms with Crippen molar-refractivity contribution in [2.45, 2.75) is 66.7 Å². The summed E-state index contributed by atoms with van der Waals surface area (Å²) in [6, 6.07) is 4.44. The van der Waals surface area contributed by atoms with Gasteiger partial charge < -0.3 is 4.74 Å². The number of benzene rings is 1. The molecule has 1 aromatic heterocycles. The molecule has 0 amide bonds. The number of aromatic nitrogens is 1. The summed E-state index contributed by atoms with van der Waals surface area (Å²) >= 11 is 0. The Labute approximate surface area is 217 Å². The van der Waals surface area contributed by atoms with E-state index < -0.39 is 0 Å². The normalized spacial score (nSPS) is 16.2. The number of ether oxygens (including phenoxy) is 1. The Morgan fingerprint density at radius 3 is 2.56 bits per heavy atom. The smallest absolute Gasteiger partial charge is 0.0790 e. The Kier molecular flexibility index (Phi) is 7.85. The summed E-state index contributed by atoms with van der Waals surface area (Å²) in [4.78, 5) is 5.22. The molecule has 3 heteroatoms. The SMILES string of the molecule is C=C(C)C1=C(/C=C(\C)c2nc3ccc(C)c4c3c(c2CC)CCC4)[C-](CC)C(=C)OC1.[U]. The van der Waals surface area contributed by atoms with Gasteiger partial charge in [0.2, 0.25) is 0 Å². The van der Waals surface area contributed by atoms with E-state index >= 15 is 0 Å². The van der Waals surface area contributed by atoms with Crippen molar-refractivity contribution in [2.75, 3.05) is 6.61 Å². The van der Waals surface area contributed by atoms with Crippen LogP contribution < -0.4 is 0 Å². The van der Waals surface area contributed by atoms with E-state index in [1.54, 1.807) is 0 Å². The van der Waals surface area contributed by atoms with Gasteiger partial charge in [-0.2, -0.15) is 0 Å². The van der Waals surface area contributed by atoms with E-state index in [0.717, 1.165) is 41.8 Å². The van der Waals surface area contributed by atoms with Crippen molar-refractivity contribution in [3.63, 3.8) is 0 Å². The number of rotatable bonds is 5. The Hall–Kier alpha value is -1.69. The van der Waals surface area contributed by atoms with Gasteiger partial charge in [-0.25, -0.2) is 4.98 Å². The minimum Gasteiger partial charge on any atom is -0.518 e. The minimum absolute atomic E-state index is 0. The molecule has 4 rings (SSSR count). The van der Waals surface area contributed by atoms with Gasteiger partial charge >= 0.3 is 0 Å². The van der Waals surface area contributed by atoms with Crippen LogP contribution in [-0.2, 0) is 24.0 Å². The molecule has 0 unspecified atom stereocenters. The fourth-order valence-corrected chi connectivity index (χ4v) is 5.25. The fourth-order valence-electron chi connectivity index (χ4n) is 5.25. The van der Waals surface area contributed by atoms with Crippen LogP contribution in [0.15, 0.2) is 53.8 Å². The first-order valence-electron chi connectivity index (χ1n) is 11.6. The summed E-state index contributed by atoms with van der Waals surface area (Å²) in [5.74, 6) is 1.95. The maximum atomic E-state index is 5.85. The van der Waals surface area contributed by atoms with E-state index in [1.807, 2.05) is 0 Å². The van der Waals surface area contributed by atoms with Crippen LogP contribution in [0.25, 0.3) is 16.5 Å². The third-order valence-corrected chi connectivity index (χ3v) is 6.90. The van der Waals surface area contributed by atoms with Gasteiger partial charge in [-0.3, -0.25) is 0 Å². The van der Waals surface area contributed by atoms with E-state index in [4.69, 9.17) is 9.72 Å². The molecule has 2 aromatic rings. The molecule has 0 N–H and O–H groups in total. The second-order valence-electron chi connectivity index (χ2n) is 8.92. The van der Waals surface area contributed by atoms with Gasteiger partial charge in [0.1, 0.15) is 0 Å². The third-order valence-electron chi connectivity index (χ3n) is 6.90. The van der Waals surface area contributed by atoms with Crippen LogP contribution in [0.1, 0.15) is 68.5 Å². The van der Waals surface area contributed by atoms with Crippen LogP contribution in [0.4, 0.5) is 0 Å². The molecule has 1 aliphatic heterocycles. The van der Waals surface area contributed by atoms with Crippen molar-refractivity contribution in [3.05, 3.63) is 87.7 Å². The van der Waals surface area contributed by atoms with Crippen molar-refractivity contribution in [3.8, 4) is 0 Å². The topological polar surface area (TPSA) is 22.1 Å². The van der Waals surface area contributed by atoms with Gasteiger partial charge in [0, 0.05) is 42.3 Å². The zero-order valence-corrected chi connectivity index (χ0v) is 24.4. The van der Waals surface area contributed by atoms with Crippen LogP contribution in [0.5, 0.6) is 0 Å². The molecular weight excluding hydrogens is 616 g/mol. The number of nitrogens with zero attached hydrogens (tertiary/aromatic N) is 1. The summed E-state index contributed by atoms with van der Waals surface area (Å²) < 4.78 is 5.85. The summed E-state index contributed by atoms with van der Waals surface area (Å²) in [6.45, 7) is 19.8. The molecule has 0 spiro atoms. The molecule has 2 heterocycles. The Balaban J connectivity index is 0.00000289. The summed E-state index contributed by atoms with van der Waals surface area (Å²) in [5.41, 5.74) is 12.8. The number of hydrogen-bond acceptors (Lipinski definition) is 2. The van der Waals surface area contributed by atoms with Gasteiger partial charge in [-0.05, 0) is 74.8 Å². The molecule has 0 saturated carbocycles. The van der Waals surface area contributed by atoms with Crippen LogP contribution in [0.2, 0.25) is 0 Å². The molecule has 1 aromatic carbocycles. The molecule has 2 aliphatic rings. The van der Waals surface area contributed by atoms with Crippen molar-refractivity contribution in [2.24, 2.45) is 0 Å². The molecule has 0 radical (unpaired) electrons. The third kappa shape index (κ3) is 4.27. The number of hydrogen-bond donors (Lipinski definition) is 0. The maximum absolute atomic E-state index is 5.85. The quantitative estimate of drug-likeness (QED) is 0.315. The van der Waals surface area contributed by atoms with E-state index in [0.29, 0.717) is 6.61 Å². The summed E-state index contributed by atoms with van der Waals surface area (Å²) in [5, 5.41) is 1.42. The van der Waals surface area contributed by atoms with Crippen molar-refractivity contribution in [1.82, 2.24) is 4.98 Å². The van der Waals surface area contributed by atoms with E-state index in [2.05, 4.69) is 66.0 Å². The maximum Gasteiger partial charge on any atom is 0.0790 e. The standard InChI is InChI=1S/C29H34NO.U/c1-8-21-20(7)31-16-26(17(3)4)25(21)15-19(6)29-22(9-2)24-12-10-11-23-18(5)13-14-27(30-29)28(23)24;/h13-15H,3,7-12,16H2,1-2,4-6H3;/q-1;/b19-15+;. The average Bonchev–Trinajstić information content (AvgIpc) is 2.75. The molecule has 0 saturated heterocycles. The molecule has 2 nitrogen and oxygen atoms in total.